The molecule has 0 spiro atoms. The number of anilines is 3. The first-order valence-electron chi connectivity index (χ1n) is 7.36. The van der Waals surface area contributed by atoms with Crippen LogP contribution in [-0.2, 0) is 10.2 Å². The van der Waals surface area contributed by atoms with E-state index in [1.54, 1.807) is 49.4 Å². The summed E-state index contributed by atoms with van der Waals surface area (Å²) in [5, 5.41) is 0. The standard InChI is InChI=1S/C17H16ClFN2O2S/c1-13-8-9-15(14(19)12-13)21-17-7-3-2-6-16(17)20(24(21,22)23)11-5-4-10-18/h2-9,12H,10-11H2,1H3. The Kier molecular flexibility index (Phi) is 4.51. The van der Waals surface area contributed by atoms with Crippen molar-refractivity contribution in [2.75, 3.05) is 21.0 Å². The van der Waals surface area contributed by atoms with Crippen LogP contribution in [0.15, 0.2) is 54.6 Å². The topological polar surface area (TPSA) is 40.6 Å². The van der Waals surface area contributed by atoms with Gasteiger partial charge >= 0.3 is 10.2 Å². The molecule has 0 radical (unpaired) electrons. The summed E-state index contributed by atoms with van der Waals surface area (Å²) in [7, 11) is -3.92. The molecule has 1 heterocycles. The fraction of sp³-hybridized carbons (Fsp3) is 0.176. The molecule has 0 aliphatic carbocycles. The minimum atomic E-state index is -3.92. The second-order valence-electron chi connectivity index (χ2n) is 5.37. The summed E-state index contributed by atoms with van der Waals surface area (Å²) >= 11 is 5.60. The minimum absolute atomic E-state index is 0.0110. The van der Waals surface area contributed by atoms with E-state index in [0.29, 0.717) is 17.3 Å². The number of benzene rings is 2. The normalized spacial score (nSPS) is 16.0. The van der Waals surface area contributed by atoms with Crippen LogP contribution in [0.2, 0.25) is 0 Å². The van der Waals surface area contributed by atoms with Crippen LogP contribution in [0.25, 0.3) is 0 Å². The van der Waals surface area contributed by atoms with E-state index < -0.39 is 16.0 Å². The van der Waals surface area contributed by atoms with Crippen molar-refractivity contribution in [1.82, 2.24) is 0 Å². The van der Waals surface area contributed by atoms with Crippen molar-refractivity contribution in [3.63, 3.8) is 0 Å². The number of hydrogen-bond donors (Lipinski definition) is 0. The molecule has 2 aromatic carbocycles. The van der Waals surface area contributed by atoms with Gasteiger partial charge in [-0.25, -0.2) is 13.0 Å². The molecule has 0 atom stereocenters. The maximum absolute atomic E-state index is 14.4. The van der Waals surface area contributed by atoms with Crippen LogP contribution in [0.1, 0.15) is 5.56 Å². The van der Waals surface area contributed by atoms with Crippen molar-refractivity contribution < 1.29 is 12.8 Å². The third-order valence-corrected chi connectivity index (χ3v) is 5.66. The van der Waals surface area contributed by atoms with E-state index >= 15 is 0 Å². The van der Waals surface area contributed by atoms with Gasteiger partial charge in [0.15, 0.2) is 0 Å². The fourth-order valence-corrected chi connectivity index (χ4v) is 4.45. The summed E-state index contributed by atoms with van der Waals surface area (Å²) in [6.07, 6.45) is 3.35. The van der Waals surface area contributed by atoms with Crippen LogP contribution >= 0.6 is 11.6 Å². The summed E-state index contributed by atoms with van der Waals surface area (Å²) in [5.41, 5.74) is 1.68. The number of fused-ring (bicyclic) bond motifs is 1. The molecule has 3 rings (SSSR count). The van der Waals surface area contributed by atoms with Crippen molar-refractivity contribution in [1.29, 1.82) is 0 Å². The van der Waals surface area contributed by atoms with Gasteiger partial charge in [0.05, 0.1) is 23.6 Å². The van der Waals surface area contributed by atoms with Gasteiger partial charge in [-0.2, -0.15) is 8.42 Å². The maximum Gasteiger partial charge on any atom is 0.331 e. The predicted molar refractivity (Wildman–Crippen MR) is 95.8 cm³/mol. The van der Waals surface area contributed by atoms with Crippen molar-refractivity contribution in [3.05, 3.63) is 66.0 Å². The van der Waals surface area contributed by atoms with Gasteiger partial charge in [0.2, 0.25) is 0 Å². The number of allylic oxidation sites excluding steroid dienone is 1. The van der Waals surface area contributed by atoms with Crippen molar-refractivity contribution in [2.45, 2.75) is 6.92 Å². The van der Waals surface area contributed by atoms with Crippen molar-refractivity contribution >= 4 is 38.9 Å². The number of rotatable bonds is 4. The van der Waals surface area contributed by atoms with E-state index in [1.807, 2.05) is 0 Å². The van der Waals surface area contributed by atoms with E-state index in [1.165, 1.54) is 16.4 Å². The lowest BCUT2D eigenvalue weighted by Gasteiger charge is -2.21. The first kappa shape index (κ1) is 16.8. The molecule has 0 N–H and O–H groups in total. The van der Waals surface area contributed by atoms with Gasteiger partial charge in [0.1, 0.15) is 5.82 Å². The number of para-hydroxylation sites is 2. The molecule has 24 heavy (non-hydrogen) atoms. The van der Waals surface area contributed by atoms with Gasteiger partial charge in [0.25, 0.3) is 0 Å². The Bertz CT molecular complexity index is 899. The maximum atomic E-state index is 14.4. The lowest BCUT2D eigenvalue weighted by Crippen LogP contribution is -2.35. The molecule has 2 aromatic rings. The molecule has 0 amide bonds. The molecular formula is C17H16ClFN2O2S. The molecule has 1 aliphatic rings. The molecule has 0 saturated carbocycles. The molecule has 126 valence electrons. The summed E-state index contributed by atoms with van der Waals surface area (Å²) in [6.45, 7) is 1.89. The molecule has 7 heteroatoms. The van der Waals surface area contributed by atoms with Crippen LogP contribution in [0, 0.1) is 12.7 Å². The highest BCUT2D eigenvalue weighted by Gasteiger charge is 2.41. The first-order valence-corrected chi connectivity index (χ1v) is 9.29. The lowest BCUT2D eigenvalue weighted by atomic mass is 10.2. The molecular weight excluding hydrogens is 351 g/mol. The monoisotopic (exact) mass is 366 g/mol. The highest BCUT2D eigenvalue weighted by atomic mass is 35.5. The molecule has 4 nitrogen and oxygen atoms in total. The Morgan fingerprint density at radius 2 is 1.79 bits per heavy atom. The van der Waals surface area contributed by atoms with E-state index in [4.69, 9.17) is 11.6 Å². The molecule has 1 aliphatic heterocycles. The van der Waals surface area contributed by atoms with Crippen LogP contribution in [0.3, 0.4) is 0 Å². The third-order valence-electron chi connectivity index (χ3n) is 3.73. The van der Waals surface area contributed by atoms with E-state index in [0.717, 1.165) is 9.87 Å². The zero-order chi connectivity index (χ0) is 17.3. The van der Waals surface area contributed by atoms with Gasteiger partial charge in [-0.15, -0.1) is 11.6 Å². The summed E-state index contributed by atoms with van der Waals surface area (Å²) < 4.78 is 42.7. The highest BCUT2D eigenvalue weighted by Crippen LogP contribution is 2.45. The van der Waals surface area contributed by atoms with Gasteiger partial charge in [-0.1, -0.05) is 30.4 Å². The third kappa shape index (κ3) is 2.76. The van der Waals surface area contributed by atoms with Crippen molar-refractivity contribution in [3.8, 4) is 0 Å². The summed E-state index contributed by atoms with van der Waals surface area (Å²) in [4.78, 5) is 0. The largest absolute Gasteiger partial charge is 0.331 e. The average molecular weight is 367 g/mol. The molecule has 0 unspecified atom stereocenters. The SMILES string of the molecule is Cc1ccc(N2c3ccccc3N(CC=CCCl)S2(=O)=O)c(F)c1. The number of hydrogen-bond acceptors (Lipinski definition) is 2. The smallest absolute Gasteiger partial charge is 0.247 e. The van der Waals surface area contributed by atoms with E-state index in [-0.39, 0.29) is 12.2 Å². The van der Waals surface area contributed by atoms with Gasteiger partial charge in [-0.05, 0) is 36.8 Å². The van der Waals surface area contributed by atoms with Crippen LogP contribution < -0.4 is 8.61 Å². The minimum Gasteiger partial charge on any atom is -0.247 e. The van der Waals surface area contributed by atoms with Gasteiger partial charge < -0.3 is 0 Å². The molecule has 0 saturated heterocycles. The number of alkyl halides is 1. The quantitative estimate of drug-likeness (QED) is 0.603. The predicted octanol–water partition coefficient (Wildman–Crippen LogP) is 4.13. The highest BCUT2D eigenvalue weighted by molar-refractivity contribution is 7.95. The summed E-state index contributed by atoms with van der Waals surface area (Å²) in [6, 6.07) is 11.3. The van der Waals surface area contributed by atoms with Gasteiger partial charge in [0, 0.05) is 5.88 Å². The molecule has 0 aromatic heterocycles. The second-order valence-corrected chi connectivity index (χ2v) is 7.38. The first-order chi connectivity index (χ1) is 11.5. The number of aryl methyl sites for hydroxylation is 1. The van der Waals surface area contributed by atoms with E-state index in [9.17, 15) is 12.8 Å². The van der Waals surface area contributed by atoms with E-state index in [2.05, 4.69) is 0 Å². The Morgan fingerprint density at radius 1 is 1.08 bits per heavy atom. The fourth-order valence-electron chi connectivity index (χ4n) is 2.65. The second kappa shape index (κ2) is 6.45. The average Bonchev–Trinajstić information content (AvgIpc) is 2.76. The molecule has 0 bridgehead atoms. The zero-order valence-corrected chi connectivity index (χ0v) is 14.6. The van der Waals surface area contributed by atoms with Crippen LogP contribution in [0.5, 0.6) is 0 Å². The Hall–Kier alpha value is -2.05. The lowest BCUT2D eigenvalue weighted by molar-refractivity contribution is 0.592. The zero-order valence-electron chi connectivity index (χ0n) is 13.0. The molecule has 0 fully saturated rings. The van der Waals surface area contributed by atoms with Gasteiger partial charge in [-0.3, -0.25) is 0 Å². The summed E-state index contributed by atoms with van der Waals surface area (Å²) in [5.74, 6) is -0.280. The number of nitrogens with zero attached hydrogens (tertiary/aromatic N) is 2. The Morgan fingerprint density at radius 3 is 2.46 bits per heavy atom. The Labute approximate surface area is 146 Å². The Balaban J connectivity index is 2.15. The number of halogens is 2. The van der Waals surface area contributed by atoms with Crippen LogP contribution in [-0.4, -0.2) is 20.8 Å². The van der Waals surface area contributed by atoms with Crippen molar-refractivity contribution in [2.24, 2.45) is 0 Å². The van der Waals surface area contributed by atoms with Crippen LogP contribution in [0.4, 0.5) is 21.5 Å².